The highest BCUT2D eigenvalue weighted by Gasteiger charge is 2.52. The first-order valence-corrected chi connectivity index (χ1v) is 6.06. The van der Waals surface area contributed by atoms with Crippen molar-refractivity contribution < 1.29 is 36.3 Å². The number of alkyl halides is 3. The Morgan fingerprint density at radius 2 is 1.94 bits per heavy atom. The lowest BCUT2D eigenvalue weighted by atomic mass is 10.2. The van der Waals surface area contributed by atoms with Gasteiger partial charge in [0.2, 0.25) is 5.91 Å². The van der Waals surface area contributed by atoms with Crippen molar-refractivity contribution >= 4 is 21.7 Å². The quantitative estimate of drug-likeness (QED) is 0.659. The van der Waals surface area contributed by atoms with Crippen LogP contribution in [-0.4, -0.2) is 48.6 Å². The predicted molar refractivity (Wildman–Crippen MR) is 47.8 cm³/mol. The van der Waals surface area contributed by atoms with Crippen LogP contribution in [0.5, 0.6) is 0 Å². The Morgan fingerprint density at radius 3 is 2.35 bits per heavy atom. The number of carboxylic acid groups (broad SMARTS) is 1. The van der Waals surface area contributed by atoms with Crippen LogP contribution >= 0.6 is 0 Å². The zero-order chi connectivity index (χ0) is 13.4. The van der Waals surface area contributed by atoms with Crippen molar-refractivity contribution in [3.63, 3.8) is 0 Å². The number of carboxylic acids is 1. The summed E-state index contributed by atoms with van der Waals surface area (Å²) in [6.07, 6.45) is -6.40. The van der Waals surface area contributed by atoms with Crippen molar-refractivity contribution in [1.29, 1.82) is 0 Å². The topological polar surface area (TPSA) is 101 Å². The molecule has 1 rings (SSSR count). The molecule has 2 N–H and O–H groups in total. The summed E-state index contributed by atoms with van der Waals surface area (Å²) >= 11 is 0. The smallest absolute Gasteiger partial charge is 0.405 e. The maximum absolute atomic E-state index is 12.4. The number of carbonyl (C=O) groups is 2. The molecule has 1 heterocycles. The zero-order valence-electron chi connectivity index (χ0n) is 8.19. The maximum Gasteiger partial charge on any atom is 0.405 e. The first-order valence-electron chi connectivity index (χ1n) is 4.34. The lowest BCUT2D eigenvalue weighted by molar-refractivity contribution is -0.143. The Morgan fingerprint density at radius 1 is 1.41 bits per heavy atom. The van der Waals surface area contributed by atoms with Crippen LogP contribution in [0.25, 0.3) is 0 Å². The normalized spacial score (nSPS) is 29.2. The minimum atomic E-state index is -5.09. The molecule has 0 aromatic heterocycles. The summed E-state index contributed by atoms with van der Waals surface area (Å²) in [5.74, 6) is -4.20. The number of carbonyl (C=O) groups excluding carboxylic acids is 1. The lowest BCUT2D eigenvalue weighted by Gasteiger charge is -2.17. The summed E-state index contributed by atoms with van der Waals surface area (Å²) < 4.78 is 59.9. The van der Waals surface area contributed by atoms with Crippen molar-refractivity contribution in [3.8, 4) is 0 Å². The lowest BCUT2D eigenvalue weighted by Crippen LogP contribution is -2.43. The van der Waals surface area contributed by atoms with Crippen LogP contribution in [0.2, 0.25) is 0 Å². The van der Waals surface area contributed by atoms with E-state index in [9.17, 15) is 31.2 Å². The molecule has 98 valence electrons. The van der Waals surface area contributed by atoms with E-state index < -0.39 is 51.4 Å². The summed E-state index contributed by atoms with van der Waals surface area (Å²) in [6.45, 7) is 0. The van der Waals surface area contributed by atoms with Gasteiger partial charge in [-0.2, -0.15) is 13.2 Å². The second-order valence-corrected chi connectivity index (χ2v) is 5.75. The number of aliphatic carboxylic acids is 1. The average Bonchev–Trinajstić information content (AvgIpc) is 2.21. The van der Waals surface area contributed by atoms with Gasteiger partial charge in [0.15, 0.2) is 15.1 Å². The molecule has 10 heteroatoms. The largest absolute Gasteiger partial charge is 0.480 e. The maximum atomic E-state index is 12.4. The number of nitrogens with one attached hydrogen (secondary N) is 1. The molecule has 0 aromatic carbocycles. The molecule has 0 aliphatic carbocycles. The Bertz CT molecular complexity index is 443. The number of amides is 1. The fourth-order valence-electron chi connectivity index (χ4n) is 1.39. The minimum absolute atomic E-state index is 1.25. The van der Waals surface area contributed by atoms with E-state index >= 15 is 0 Å². The summed E-state index contributed by atoms with van der Waals surface area (Å²) in [4.78, 5) is 21.5. The van der Waals surface area contributed by atoms with Crippen LogP contribution in [0.15, 0.2) is 0 Å². The molecule has 0 unspecified atom stereocenters. The SMILES string of the molecule is O=C1C[C@H](C(F)(F)F)S(=O)(=O)C[C@@H](C(=O)O)N1. The fourth-order valence-corrected chi connectivity index (χ4v) is 3.13. The highest BCUT2D eigenvalue weighted by molar-refractivity contribution is 7.92. The van der Waals surface area contributed by atoms with E-state index in [2.05, 4.69) is 0 Å². The molecule has 0 radical (unpaired) electrons. The van der Waals surface area contributed by atoms with Gasteiger partial charge in [0.25, 0.3) is 0 Å². The molecule has 0 aromatic rings. The molecular weight excluding hydrogens is 267 g/mol. The Balaban J connectivity index is 3.14. The third kappa shape index (κ3) is 3.08. The molecule has 1 amide bonds. The van der Waals surface area contributed by atoms with Crippen LogP contribution in [0.3, 0.4) is 0 Å². The molecule has 0 saturated carbocycles. The molecule has 1 saturated heterocycles. The monoisotopic (exact) mass is 275 g/mol. The van der Waals surface area contributed by atoms with E-state index in [1.54, 1.807) is 5.32 Å². The summed E-state index contributed by atoms with van der Waals surface area (Å²) in [6, 6.07) is -1.85. The van der Waals surface area contributed by atoms with Crippen molar-refractivity contribution in [3.05, 3.63) is 0 Å². The van der Waals surface area contributed by atoms with Gasteiger partial charge in [-0.25, -0.2) is 13.2 Å². The third-order valence-corrected chi connectivity index (χ3v) is 4.30. The highest BCUT2D eigenvalue weighted by Crippen LogP contribution is 2.30. The van der Waals surface area contributed by atoms with Crippen LogP contribution in [-0.2, 0) is 19.4 Å². The molecule has 2 atom stereocenters. The van der Waals surface area contributed by atoms with Gasteiger partial charge in [0, 0.05) is 0 Å². The van der Waals surface area contributed by atoms with Gasteiger partial charge < -0.3 is 10.4 Å². The van der Waals surface area contributed by atoms with Gasteiger partial charge >= 0.3 is 12.1 Å². The van der Waals surface area contributed by atoms with Gasteiger partial charge in [-0.3, -0.25) is 4.79 Å². The number of rotatable bonds is 1. The molecule has 1 aliphatic heterocycles. The number of sulfone groups is 1. The van der Waals surface area contributed by atoms with Crippen molar-refractivity contribution in [2.24, 2.45) is 0 Å². The minimum Gasteiger partial charge on any atom is -0.480 e. The Labute approximate surface area is 93.7 Å². The summed E-state index contributed by atoms with van der Waals surface area (Å²) in [5, 5.41) is 7.41. The average molecular weight is 275 g/mol. The Kier molecular flexibility index (Phi) is 3.37. The summed E-state index contributed by atoms with van der Waals surface area (Å²) in [5.41, 5.74) is 0. The van der Waals surface area contributed by atoms with Crippen LogP contribution < -0.4 is 5.32 Å². The van der Waals surface area contributed by atoms with Gasteiger partial charge in [0.05, 0.1) is 12.2 Å². The zero-order valence-corrected chi connectivity index (χ0v) is 9.01. The second kappa shape index (κ2) is 4.17. The third-order valence-electron chi connectivity index (χ3n) is 2.20. The van der Waals surface area contributed by atoms with Crippen molar-refractivity contribution in [2.45, 2.75) is 23.9 Å². The van der Waals surface area contributed by atoms with Gasteiger partial charge in [0.1, 0.15) is 6.04 Å². The second-order valence-electron chi connectivity index (χ2n) is 3.52. The molecule has 6 nitrogen and oxygen atoms in total. The molecule has 17 heavy (non-hydrogen) atoms. The van der Waals surface area contributed by atoms with Crippen LogP contribution in [0, 0.1) is 0 Å². The van der Waals surface area contributed by atoms with Crippen molar-refractivity contribution in [1.82, 2.24) is 5.32 Å². The van der Waals surface area contributed by atoms with Gasteiger partial charge in [-0.15, -0.1) is 0 Å². The predicted octanol–water partition coefficient (Wildman–Crippen LogP) is -0.695. The van der Waals surface area contributed by atoms with Crippen LogP contribution in [0.1, 0.15) is 6.42 Å². The van der Waals surface area contributed by atoms with Crippen LogP contribution in [0.4, 0.5) is 13.2 Å². The van der Waals surface area contributed by atoms with Gasteiger partial charge in [-0.1, -0.05) is 0 Å². The van der Waals surface area contributed by atoms with E-state index in [-0.39, 0.29) is 0 Å². The number of hydrogen-bond acceptors (Lipinski definition) is 4. The van der Waals surface area contributed by atoms with Gasteiger partial charge in [-0.05, 0) is 0 Å². The molecule has 0 bridgehead atoms. The van der Waals surface area contributed by atoms with E-state index in [1.807, 2.05) is 0 Å². The fraction of sp³-hybridized carbons (Fsp3) is 0.714. The van der Waals surface area contributed by atoms with Crippen molar-refractivity contribution in [2.75, 3.05) is 5.75 Å². The van der Waals surface area contributed by atoms with E-state index in [4.69, 9.17) is 5.11 Å². The first-order chi connectivity index (χ1) is 7.54. The summed E-state index contributed by atoms with van der Waals surface area (Å²) in [7, 11) is -4.73. The molecule has 1 aliphatic rings. The van der Waals surface area contributed by atoms with E-state index in [0.717, 1.165) is 0 Å². The first kappa shape index (κ1) is 13.7. The molecule has 1 fully saturated rings. The standard InChI is InChI=1S/C7H8F3NO5S/c8-7(9,10)4-1-5(12)11-3(6(13)14)2-17(4,15)16/h3-4H,1-2H2,(H,11,12)(H,13,14)/t3-,4+/m0/s1. The molecule has 0 spiro atoms. The number of halogens is 3. The molecular formula is C7H8F3NO5S. The number of hydrogen-bond donors (Lipinski definition) is 2. The highest BCUT2D eigenvalue weighted by atomic mass is 32.2. The Hall–Kier alpha value is -1.32. The van der Waals surface area contributed by atoms with E-state index in [0.29, 0.717) is 0 Å². The van der Waals surface area contributed by atoms with E-state index in [1.165, 1.54) is 0 Å².